The number of urea groups is 1. The van der Waals surface area contributed by atoms with Gasteiger partial charge in [0.15, 0.2) is 0 Å². The van der Waals surface area contributed by atoms with Crippen molar-refractivity contribution in [2.75, 3.05) is 25.5 Å². The Kier molecular flexibility index (Phi) is 4.75. The highest BCUT2D eigenvalue weighted by Gasteiger charge is 2.12. The fraction of sp³-hybridized carbons (Fsp3) is 0.417. The third kappa shape index (κ3) is 3.34. The molecule has 0 atom stereocenters. The highest BCUT2D eigenvalue weighted by atomic mass is 19.1. The van der Waals surface area contributed by atoms with Crippen molar-refractivity contribution >= 4 is 11.7 Å². The number of ether oxygens (including phenoxy) is 1. The van der Waals surface area contributed by atoms with Crippen molar-refractivity contribution in [2.24, 2.45) is 0 Å². The van der Waals surface area contributed by atoms with Crippen LogP contribution < -0.4 is 10.1 Å². The zero-order valence-electron chi connectivity index (χ0n) is 10.3. The summed E-state index contributed by atoms with van der Waals surface area (Å²) in [6.07, 6.45) is 0. The first-order chi connectivity index (χ1) is 8.12. The fourth-order valence-electron chi connectivity index (χ4n) is 1.43. The molecule has 0 aliphatic heterocycles. The van der Waals surface area contributed by atoms with Crippen LogP contribution in [0.15, 0.2) is 18.2 Å². The number of carbonyl (C=O) groups is 1. The van der Waals surface area contributed by atoms with Crippen molar-refractivity contribution in [3.63, 3.8) is 0 Å². The average molecular weight is 240 g/mol. The van der Waals surface area contributed by atoms with Crippen LogP contribution in [0.25, 0.3) is 0 Å². The van der Waals surface area contributed by atoms with Crippen molar-refractivity contribution in [1.82, 2.24) is 4.90 Å². The van der Waals surface area contributed by atoms with E-state index < -0.39 is 5.82 Å². The van der Waals surface area contributed by atoms with E-state index in [9.17, 15) is 9.18 Å². The van der Waals surface area contributed by atoms with Crippen LogP contribution in [-0.4, -0.2) is 31.1 Å². The molecule has 5 heteroatoms. The molecule has 0 saturated carbocycles. The van der Waals surface area contributed by atoms with Gasteiger partial charge in [-0.2, -0.15) is 0 Å². The Morgan fingerprint density at radius 2 is 2.06 bits per heavy atom. The number of nitrogens with zero attached hydrogens (tertiary/aromatic N) is 1. The molecule has 2 amide bonds. The van der Waals surface area contributed by atoms with Crippen molar-refractivity contribution < 1.29 is 13.9 Å². The molecule has 0 bridgehead atoms. The maximum Gasteiger partial charge on any atom is 0.321 e. The van der Waals surface area contributed by atoms with Gasteiger partial charge in [0, 0.05) is 19.2 Å². The first-order valence-electron chi connectivity index (χ1n) is 5.51. The third-order valence-corrected chi connectivity index (χ3v) is 2.47. The zero-order chi connectivity index (χ0) is 12.8. The lowest BCUT2D eigenvalue weighted by Gasteiger charge is -2.19. The Hall–Kier alpha value is -1.78. The highest BCUT2D eigenvalue weighted by molar-refractivity contribution is 5.89. The van der Waals surface area contributed by atoms with Gasteiger partial charge in [0.1, 0.15) is 11.6 Å². The standard InChI is InChI=1S/C12H17FN2O2/c1-4-15(5-2)12(16)14-11-8-9(17-3)6-7-10(11)13/h6-8H,4-5H2,1-3H3,(H,14,16). The van der Waals surface area contributed by atoms with Gasteiger partial charge in [0.25, 0.3) is 0 Å². The van der Waals surface area contributed by atoms with E-state index >= 15 is 0 Å². The molecule has 1 rings (SSSR count). The molecule has 1 aromatic carbocycles. The van der Waals surface area contributed by atoms with Crippen LogP contribution in [0.5, 0.6) is 5.75 Å². The lowest BCUT2D eigenvalue weighted by Crippen LogP contribution is -2.34. The van der Waals surface area contributed by atoms with Crippen LogP contribution in [-0.2, 0) is 0 Å². The van der Waals surface area contributed by atoms with E-state index in [-0.39, 0.29) is 11.7 Å². The molecule has 4 nitrogen and oxygen atoms in total. The summed E-state index contributed by atoms with van der Waals surface area (Å²) >= 11 is 0. The van der Waals surface area contributed by atoms with E-state index in [1.54, 1.807) is 4.90 Å². The molecule has 0 heterocycles. The SMILES string of the molecule is CCN(CC)C(=O)Nc1cc(OC)ccc1F. The van der Waals surface area contributed by atoms with Crippen molar-refractivity contribution in [3.8, 4) is 5.75 Å². The van der Waals surface area contributed by atoms with Gasteiger partial charge in [-0.05, 0) is 26.0 Å². The van der Waals surface area contributed by atoms with Crippen LogP contribution >= 0.6 is 0 Å². The summed E-state index contributed by atoms with van der Waals surface area (Å²) in [7, 11) is 1.49. The van der Waals surface area contributed by atoms with E-state index in [1.165, 1.54) is 25.3 Å². The molecule has 1 aromatic rings. The summed E-state index contributed by atoms with van der Waals surface area (Å²) in [5.74, 6) is 0.0209. The minimum absolute atomic E-state index is 0.126. The topological polar surface area (TPSA) is 41.6 Å². The molecule has 0 aromatic heterocycles. The number of halogens is 1. The molecule has 1 N–H and O–H groups in total. The fourth-order valence-corrected chi connectivity index (χ4v) is 1.43. The Morgan fingerprint density at radius 1 is 1.41 bits per heavy atom. The largest absolute Gasteiger partial charge is 0.497 e. The second-order valence-electron chi connectivity index (χ2n) is 3.45. The smallest absolute Gasteiger partial charge is 0.321 e. The predicted molar refractivity (Wildman–Crippen MR) is 64.9 cm³/mol. The minimum atomic E-state index is -0.480. The van der Waals surface area contributed by atoms with Gasteiger partial charge < -0.3 is 15.0 Å². The van der Waals surface area contributed by atoms with Gasteiger partial charge in [-0.3, -0.25) is 0 Å². The van der Waals surface area contributed by atoms with E-state index in [2.05, 4.69) is 5.32 Å². The summed E-state index contributed by atoms with van der Waals surface area (Å²) in [5, 5.41) is 2.52. The Balaban J connectivity index is 2.83. The number of carbonyl (C=O) groups excluding carboxylic acids is 1. The van der Waals surface area contributed by atoms with Crippen LogP contribution in [0.4, 0.5) is 14.9 Å². The van der Waals surface area contributed by atoms with Gasteiger partial charge in [0.05, 0.1) is 12.8 Å². The second-order valence-corrected chi connectivity index (χ2v) is 3.45. The first-order valence-corrected chi connectivity index (χ1v) is 5.51. The zero-order valence-corrected chi connectivity index (χ0v) is 10.3. The Labute approximate surface area is 100 Å². The van der Waals surface area contributed by atoms with Crippen molar-refractivity contribution in [2.45, 2.75) is 13.8 Å². The normalized spacial score (nSPS) is 9.88. The van der Waals surface area contributed by atoms with E-state index in [0.717, 1.165) is 0 Å². The average Bonchev–Trinajstić information content (AvgIpc) is 2.33. The first kappa shape index (κ1) is 13.3. The number of nitrogens with one attached hydrogen (secondary N) is 1. The monoisotopic (exact) mass is 240 g/mol. The van der Waals surface area contributed by atoms with E-state index in [1.807, 2.05) is 13.8 Å². The van der Waals surface area contributed by atoms with Gasteiger partial charge in [-0.1, -0.05) is 0 Å². The maximum absolute atomic E-state index is 13.4. The Morgan fingerprint density at radius 3 is 2.59 bits per heavy atom. The minimum Gasteiger partial charge on any atom is -0.497 e. The summed E-state index contributed by atoms with van der Waals surface area (Å²) in [4.78, 5) is 13.3. The number of hydrogen-bond donors (Lipinski definition) is 1. The summed E-state index contributed by atoms with van der Waals surface area (Å²) in [6.45, 7) is 4.89. The summed E-state index contributed by atoms with van der Waals surface area (Å²) in [5.41, 5.74) is 0.126. The van der Waals surface area contributed by atoms with Gasteiger partial charge in [-0.15, -0.1) is 0 Å². The van der Waals surface area contributed by atoms with Crippen LogP contribution in [0.1, 0.15) is 13.8 Å². The summed E-state index contributed by atoms with van der Waals surface area (Å²) < 4.78 is 18.4. The second kappa shape index (κ2) is 6.08. The molecule has 0 aliphatic carbocycles. The molecule has 0 radical (unpaired) electrons. The molecule has 0 aliphatic rings. The van der Waals surface area contributed by atoms with Gasteiger partial charge in [-0.25, -0.2) is 9.18 Å². The quantitative estimate of drug-likeness (QED) is 0.879. The van der Waals surface area contributed by atoms with E-state index in [0.29, 0.717) is 18.8 Å². The molecular formula is C12H17FN2O2. The molecule has 17 heavy (non-hydrogen) atoms. The number of amides is 2. The number of benzene rings is 1. The lowest BCUT2D eigenvalue weighted by atomic mass is 10.3. The van der Waals surface area contributed by atoms with Crippen LogP contribution in [0.2, 0.25) is 0 Å². The molecule has 0 unspecified atom stereocenters. The Bertz CT molecular complexity index is 392. The van der Waals surface area contributed by atoms with Crippen molar-refractivity contribution in [3.05, 3.63) is 24.0 Å². The number of rotatable bonds is 4. The van der Waals surface area contributed by atoms with Crippen LogP contribution in [0, 0.1) is 5.82 Å². The number of hydrogen-bond acceptors (Lipinski definition) is 2. The highest BCUT2D eigenvalue weighted by Crippen LogP contribution is 2.21. The molecule has 0 fully saturated rings. The van der Waals surface area contributed by atoms with E-state index in [4.69, 9.17) is 4.74 Å². The summed E-state index contributed by atoms with van der Waals surface area (Å²) in [6, 6.07) is 3.90. The lowest BCUT2D eigenvalue weighted by molar-refractivity contribution is 0.217. The van der Waals surface area contributed by atoms with Crippen LogP contribution in [0.3, 0.4) is 0 Å². The molecular weight excluding hydrogens is 223 g/mol. The number of methoxy groups -OCH3 is 1. The molecule has 0 spiro atoms. The van der Waals surface area contributed by atoms with Crippen molar-refractivity contribution in [1.29, 1.82) is 0 Å². The molecule has 94 valence electrons. The maximum atomic E-state index is 13.4. The predicted octanol–water partition coefficient (Wildman–Crippen LogP) is 2.71. The number of anilines is 1. The third-order valence-electron chi connectivity index (χ3n) is 2.47. The van der Waals surface area contributed by atoms with Gasteiger partial charge >= 0.3 is 6.03 Å². The van der Waals surface area contributed by atoms with Gasteiger partial charge in [0.2, 0.25) is 0 Å². The molecule has 0 saturated heterocycles.